The summed E-state index contributed by atoms with van der Waals surface area (Å²) < 4.78 is 0.738. The van der Waals surface area contributed by atoms with Gasteiger partial charge in [-0.25, -0.2) is 0 Å². The van der Waals surface area contributed by atoms with Gasteiger partial charge in [0, 0.05) is 16.9 Å². The first-order valence-electron chi connectivity index (χ1n) is 5.37. The van der Waals surface area contributed by atoms with Gasteiger partial charge in [-0.3, -0.25) is 4.79 Å². The zero-order chi connectivity index (χ0) is 12.8. The molecule has 1 rings (SSSR count). The van der Waals surface area contributed by atoms with Crippen molar-refractivity contribution in [3.63, 3.8) is 0 Å². The van der Waals surface area contributed by atoms with Crippen LogP contribution in [0.1, 0.15) is 23.7 Å². The molecule has 0 saturated carbocycles. The van der Waals surface area contributed by atoms with E-state index in [4.69, 9.17) is 11.6 Å². The van der Waals surface area contributed by atoms with Crippen LogP contribution in [0.5, 0.6) is 5.75 Å². The highest BCUT2D eigenvalue weighted by atomic mass is 79.9. The number of aromatic hydroxyl groups is 1. The van der Waals surface area contributed by atoms with Gasteiger partial charge in [0.2, 0.25) is 0 Å². The SMILES string of the molecule is CC(CCCl)CNC(=O)c1ccc(Br)cc1O. The summed E-state index contributed by atoms with van der Waals surface area (Å²) in [6.07, 6.45) is 0.855. The van der Waals surface area contributed by atoms with Gasteiger partial charge in [0.05, 0.1) is 5.56 Å². The van der Waals surface area contributed by atoms with Gasteiger partial charge >= 0.3 is 0 Å². The Morgan fingerprint density at radius 3 is 2.88 bits per heavy atom. The van der Waals surface area contributed by atoms with Gasteiger partial charge in [-0.05, 0) is 30.5 Å². The molecule has 0 aromatic heterocycles. The Morgan fingerprint density at radius 1 is 1.59 bits per heavy atom. The smallest absolute Gasteiger partial charge is 0.255 e. The standard InChI is InChI=1S/C12H15BrClNO2/c1-8(4-5-14)7-15-12(17)10-3-2-9(13)6-11(10)16/h2-3,6,8,16H,4-5,7H2,1H3,(H,15,17). The van der Waals surface area contributed by atoms with Crippen molar-refractivity contribution in [2.45, 2.75) is 13.3 Å². The number of halogens is 2. The number of hydrogen-bond donors (Lipinski definition) is 2. The van der Waals surface area contributed by atoms with E-state index in [2.05, 4.69) is 21.2 Å². The van der Waals surface area contributed by atoms with Crippen LogP contribution in [0.2, 0.25) is 0 Å². The normalized spacial score (nSPS) is 12.2. The van der Waals surface area contributed by atoms with E-state index < -0.39 is 0 Å². The Balaban J connectivity index is 2.58. The number of nitrogens with one attached hydrogen (secondary N) is 1. The number of amides is 1. The third-order valence-corrected chi connectivity index (χ3v) is 3.13. The first kappa shape index (κ1) is 14.3. The molecule has 1 aromatic rings. The van der Waals surface area contributed by atoms with Gasteiger partial charge in [-0.2, -0.15) is 0 Å². The molecule has 0 aliphatic carbocycles. The first-order chi connectivity index (χ1) is 8.04. The number of phenols is 1. The summed E-state index contributed by atoms with van der Waals surface area (Å²) in [7, 11) is 0. The van der Waals surface area contributed by atoms with Crippen LogP contribution < -0.4 is 5.32 Å². The lowest BCUT2D eigenvalue weighted by Gasteiger charge is -2.11. The molecular formula is C12H15BrClNO2. The number of alkyl halides is 1. The fraction of sp³-hybridized carbons (Fsp3) is 0.417. The minimum atomic E-state index is -0.267. The summed E-state index contributed by atoms with van der Waals surface area (Å²) in [5, 5.41) is 12.4. The molecule has 0 fully saturated rings. The molecule has 1 unspecified atom stereocenters. The maximum atomic E-state index is 11.8. The molecule has 0 saturated heterocycles. The van der Waals surface area contributed by atoms with Gasteiger partial charge in [-0.15, -0.1) is 11.6 Å². The quantitative estimate of drug-likeness (QED) is 0.819. The molecule has 0 heterocycles. The molecular weight excluding hydrogens is 305 g/mol. The molecule has 1 atom stereocenters. The van der Waals surface area contributed by atoms with Crippen molar-refractivity contribution < 1.29 is 9.90 Å². The van der Waals surface area contributed by atoms with Crippen molar-refractivity contribution in [1.29, 1.82) is 0 Å². The first-order valence-corrected chi connectivity index (χ1v) is 6.70. The zero-order valence-electron chi connectivity index (χ0n) is 9.54. The van der Waals surface area contributed by atoms with E-state index in [9.17, 15) is 9.90 Å². The molecule has 0 bridgehead atoms. The van der Waals surface area contributed by atoms with Gasteiger partial charge in [-0.1, -0.05) is 22.9 Å². The number of rotatable bonds is 5. The minimum absolute atomic E-state index is 0.0260. The molecule has 0 aliphatic rings. The third-order valence-electron chi connectivity index (χ3n) is 2.42. The lowest BCUT2D eigenvalue weighted by Crippen LogP contribution is -2.28. The number of benzene rings is 1. The summed E-state index contributed by atoms with van der Waals surface area (Å²) in [6.45, 7) is 2.57. The van der Waals surface area contributed by atoms with Crippen molar-refractivity contribution in [2.24, 2.45) is 5.92 Å². The Bertz CT molecular complexity index is 398. The molecule has 17 heavy (non-hydrogen) atoms. The largest absolute Gasteiger partial charge is 0.507 e. The summed E-state index contributed by atoms with van der Waals surface area (Å²) in [5.41, 5.74) is 0.284. The Morgan fingerprint density at radius 2 is 2.29 bits per heavy atom. The Labute approximate surface area is 114 Å². The Kier molecular flexibility index (Phi) is 5.78. The van der Waals surface area contributed by atoms with Crippen LogP contribution in [0, 0.1) is 5.92 Å². The Hall–Kier alpha value is -0.740. The maximum Gasteiger partial charge on any atom is 0.255 e. The number of hydrogen-bond acceptors (Lipinski definition) is 2. The highest BCUT2D eigenvalue weighted by Crippen LogP contribution is 2.22. The van der Waals surface area contributed by atoms with E-state index in [1.807, 2.05) is 6.92 Å². The van der Waals surface area contributed by atoms with E-state index in [1.165, 1.54) is 6.07 Å². The average Bonchev–Trinajstić information content (AvgIpc) is 2.26. The molecule has 3 nitrogen and oxygen atoms in total. The second-order valence-electron chi connectivity index (χ2n) is 3.95. The second-order valence-corrected chi connectivity index (χ2v) is 5.25. The van der Waals surface area contributed by atoms with E-state index in [0.717, 1.165) is 10.9 Å². The lowest BCUT2D eigenvalue weighted by molar-refractivity contribution is 0.0945. The molecule has 2 N–H and O–H groups in total. The number of carbonyl (C=O) groups is 1. The van der Waals surface area contributed by atoms with Gasteiger partial charge < -0.3 is 10.4 Å². The predicted molar refractivity (Wildman–Crippen MR) is 72.6 cm³/mol. The van der Waals surface area contributed by atoms with E-state index in [0.29, 0.717) is 18.3 Å². The second kappa shape index (κ2) is 6.87. The van der Waals surface area contributed by atoms with Gasteiger partial charge in [0.25, 0.3) is 5.91 Å². The fourth-order valence-electron chi connectivity index (χ4n) is 1.35. The minimum Gasteiger partial charge on any atom is -0.507 e. The zero-order valence-corrected chi connectivity index (χ0v) is 11.9. The van der Waals surface area contributed by atoms with Gasteiger partial charge in [0.1, 0.15) is 5.75 Å². The van der Waals surface area contributed by atoms with Crippen molar-refractivity contribution in [3.8, 4) is 5.75 Å². The molecule has 0 aliphatic heterocycles. The maximum absolute atomic E-state index is 11.8. The average molecular weight is 321 g/mol. The predicted octanol–water partition coefficient (Wildman–Crippen LogP) is 3.15. The van der Waals surface area contributed by atoms with Crippen LogP contribution in [0.25, 0.3) is 0 Å². The van der Waals surface area contributed by atoms with Crippen LogP contribution in [0.15, 0.2) is 22.7 Å². The van der Waals surface area contributed by atoms with Crippen LogP contribution in [-0.4, -0.2) is 23.4 Å². The molecule has 5 heteroatoms. The molecule has 0 spiro atoms. The van der Waals surface area contributed by atoms with Crippen molar-refractivity contribution in [3.05, 3.63) is 28.2 Å². The highest BCUT2D eigenvalue weighted by molar-refractivity contribution is 9.10. The van der Waals surface area contributed by atoms with E-state index in [1.54, 1.807) is 12.1 Å². The topological polar surface area (TPSA) is 49.3 Å². The number of carbonyl (C=O) groups excluding carboxylic acids is 1. The molecule has 1 aromatic carbocycles. The lowest BCUT2D eigenvalue weighted by atomic mass is 10.1. The summed E-state index contributed by atoms with van der Waals surface area (Å²) in [6, 6.07) is 4.80. The summed E-state index contributed by atoms with van der Waals surface area (Å²) in [5.74, 6) is 0.618. The highest BCUT2D eigenvalue weighted by Gasteiger charge is 2.12. The van der Waals surface area contributed by atoms with Crippen LogP contribution in [0.3, 0.4) is 0 Å². The van der Waals surface area contributed by atoms with Crippen molar-refractivity contribution in [1.82, 2.24) is 5.32 Å². The number of phenolic OH excluding ortho intramolecular Hbond substituents is 1. The van der Waals surface area contributed by atoms with E-state index >= 15 is 0 Å². The van der Waals surface area contributed by atoms with Crippen LogP contribution >= 0.6 is 27.5 Å². The molecule has 0 radical (unpaired) electrons. The monoisotopic (exact) mass is 319 g/mol. The van der Waals surface area contributed by atoms with Crippen LogP contribution in [-0.2, 0) is 0 Å². The molecule has 94 valence electrons. The van der Waals surface area contributed by atoms with Crippen LogP contribution in [0.4, 0.5) is 0 Å². The van der Waals surface area contributed by atoms with E-state index in [-0.39, 0.29) is 17.2 Å². The summed E-state index contributed by atoms with van der Waals surface area (Å²) >= 11 is 8.84. The summed E-state index contributed by atoms with van der Waals surface area (Å²) in [4.78, 5) is 11.8. The third kappa shape index (κ3) is 4.56. The van der Waals surface area contributed by atoms with Crippen molar-refractivity contribution in [2.75, 3.05) is 12.4 Å². The fourth-order valence-corrected chi connectivity index (χ4v) is 2.07. The molecule has 1 amide bonds. The van der Waals surface area contributed by atoms with Crippen molar-refractivity contribution >= 4 is 33.4 Å². The van der Waals surface area contributed by atoms with Gasteiger partial charge in [0.15, 0.2) is 0 Å².